The van der Waals surface area contributed by atoms with Crippen molar-refractivity contribution in [2.24, 2.45) is 4.99 Å². The van der Waals surface area contributed by atoms with E-state index in [0.717, 1.165) is 26.4 Å². The molecule has 0 N–H and O–H groups in total. The van der Waals surface area contributed by atoms with Crippen LogP contribution in [0, 0.1) is 0 Å². The van der Waals surface area contributed by atoms with Crippen LogP contribution in [0.15, 0.2) is 98.4 Å². The highest BCUT2D eigenvalue weighted by molar-refractivity contribution is 9.10. The molecule has 0 saturated heterocycles. The Kier molecular flexibility index (Phi) is 4.37. The summed E-state index contributed by atoms with van der Waals surface area (Å²) in [7, 11) is 0. The van der Waals surface area contributed by atoms with E-state index in [2.05, 4.69) is 20.9 Å². The molecule has 0 saturated carbocycles. The summed E-state index contributed by atoms with van der Waals surface area (Å²) in [5, 5.41) is 2.05. The number of hydrogen-bond acceptors (Lipinski definition) is 4. The molecule has 0 atom stereocenters. The molecule has 0 radical (unpaired) electrons. The average Bonchev–Trinajstić information content (AvgIpc) is 3.35. The molecule has 1 aromatic heterocycles. The zero-order chi connectivity index (χ0) is 19.8. The molecule has 0 amide bonds. The number of furan rings is 1. The number of carbonyl (C=O) groups excluding carboxylic acids is 1. The second-order valence-corrected chi connectivity index (χ2v) is 7.49. The molecule has 3 aromatic carbocycles. The van der Waals surface area contributed by atoms with Crippen LogP contribution in [-0.2, 0) is 9.53 Å². The number of aliphatic imine (C=N–C) groups is 1. The Bertz CT molecular complexity index is 1290. The highest BCUT2D eigenvalue weighted by atomic mass is 79.9. The number of esters is 1. The van der Waals surface area contributed by atoms with Crippen molar-refractivity contribution in [1.82, 2.24) is 0 Å². The highest BCUT2D eigenvalue weighted by Gasteiger charge is 2.25. The molecule has 29 heavy (non-hydrogen) atoms. The summed E-state index contributed by atoms with van der Waals surface area (Å²) in [5.74, 6) is 1.07. The number of halogens is 1. The summed E-state index contributed by atoms with van der Waals surface area (Å²) in [5.41, 5.74) is 1.95. The summed E-state index contributed by atoms with van der Waals surface area (Å²) >= 11 is 3.42. The highest BCUT2D eigenvalue weighted by Crippen LogP contribution is 2.27. The molecule has 0 unspecified atom stereocenters. The van der Waals surface area contributed by atoms with E-state index < -0.39 is 5.97 Å². The van der Waals surface area contributed by atoms with Crippen LogP contribution < -0.4 is 0 Å². The summed E-state index contributed by atoms with van der Waals surface area (Å²) in [6, 6.07) is 25.2. The number of benzene rings is 3. The molecule has 0 spiro atoms. The van der Waals surface area contributed by atoms with Gasteiger partial charge in [0.15, 0.2) is 5.70 Å². The van der Waals surface area contributed by atoms with Crippen molar-refractivity contribution in [3.05, 3.63) is 100 Å². The van der Waals surface area contributed by atoms with Crippen molar-refractivity contribution in [1.29, 1.82) is 0 Å². The number of hydrogen-bond donors (Lipinski definition) is 0. The summed E-state index contributed by atoms with van der Waals surface area (Å²) in [6.07, 6.45) is 1.60. The number of rotatable bonds is 3. The van der Waals surface area contributed by atoms with Crippen molar-refractivity contribution < 1.29 is 13.9 Å². The molecular formula is C24H14BrNO3. The summed E-state index contributed by atoms with van der Waals surface area (Å²) in [4.78, 5) is 16.8. The number of carbonyl (C=O) groups is 1. The molecule has 1 aliphatic rings. The lowest BCUT2D eigenvalue weighted by atomic mass is 10.0. The van der Waals surface area contributed by atoms with Gasteiger partial charge in [-0.3, -0.25) is 0 Å². The maximum atomic E-state index is 12.4. The predicted molar refractivity (Wildman–Crippen MR) is 116 cm³/mol. The van der Waals surface area contributed by atoms with Gasteiger partial charge in [-0.15, -0.1) is 0 Å². The second-order valence-electron chi connectivity index (χ2n) is 6.57. The van der Waals surface area contributed by atoms with Crippen molar-refractivity contribution >= 4 is 44.6 Å². The molecular weight excluding hydrogens is 430 g/mol. The van der Waals surface area contributed by atoms with Crippen molar-refractivity contribution in [3.8, 4) is 11.3 Å². The molecule has 140 valence electrons. The van der Waals surface area contributed by atoms with E-state index in [1.807, 2.05) is 78.9 Å². The molecule has 4 nitrogen and oxygen atoms in total. The Morgan fingerprint density at radius 3 is 2.52 bits per heavy atom. The lowest BCUT2D eigenvalue weighted by Crippen LogP contribution is -2.05. The van der Waals surface area contributed by atoms with Crippen LogP contribution in [-0.4, -0.2) is 11.9 Å². The van der Waals surface area contributed by atoms with E-state index in [1.54, 1.807) is 6.08 Å². The number of fused-ring (bicyclic) bond motifs is 1. The van der Waals surface area contributed by atoms with E-state index in [-0.39, 0.29) is 5.70 Å². The van der Waals surface area contributed by atoms with Crippen LogP contribution in [0.2, 0.25) is 0 Å². The number of ether oxygens (including phenoxy) is 1. The van der Waals surface area contributed by atoms with Gasteiger partial charge in [0.25, 0.3) is 0 Å². The molecule has 5 rings (SSSR count). The van der Waals surface area contributed by atoms with Gasteiger partial charge < -0.3 is 9.15 Å². The van der Waals surface area contributed by atoms with Gasteiger partial charge in [0, 0.05) is 21.7 Å². The lowest BCUT2D eigenvalue weighted by Gasteiger charge is -2.04. The molecule has 5 heteroatoms. The van der Waals surface area contributed by atoms with E-state index in [0.29, 0.717) is 17.4 Å². The van der Waals surface area contributed by atoms with Gasteiger partial charge in [-0.1, -0.05) is 64.5 Å². The molecule has 1 aliphatic heterocycles. The molecule has 0 bridgehead atoms. The lowest BCUT2D eigenvalue weighted by molar-refractivity contribution is -0.129. The quantitative estimate of drug-likeness (QED) is 0.279. The molecule has 4 aromatic rings. The van der Waals surface area contributed by atoms with Gasteiger partial charge in [0.05, 0.1) is 0 Å². The molecule has 2 heterocycles. The van der Waals surface area contributed by atoms with Gasteiger partial charge in [-0.2, -0.15) is 0 Å². The Balaban J connectivity index is 1.49. The van der Waals surface area contributed by atoms with Gasteiger partial charge in [-0.05, 0) is 41.1 Å². The normalized spacial score (nSPS) is 15.0. The Hall–Kier alpha value is -3.44. The third kappa shape index (κ3) is 3.41. The molecule has 0 aliphatic carbocycles. The van der Waals surface area contributed by atoms with Crippen LogP contribution in [0.1, 0.15) is 11.3 Å². The Morgan fingerprint density at radius 1 is 0.862 bits per heavy atom. The number of nitrogens with zero attached hydrogens (tertiary/aromatic N) is 1. The van der Waals surface area contributed by atoms with Crippen molar-refractivity contribution in [3.63, 3.8) is 0 Å². The van der Waals surface area contributed by atoms with E-state index >= 15 is 0 Å². The van der Waals surface area contributed by atoms with Gasteiger partial charge >= 0.3 is 5.97 Å². The van der Waals surface area contributed by atoms with Gasteiger partial charge in [0.2, 0.25) is 5.90 Å². The third-order valence-corrected chi connectivity index (χ3v) is 5.20. The third-order valence-electron chi connectivity index (χ3n) is 4.68. The maximum Gasteiger partial charge on any atom is 0.363 e. The standard InChI is InChI=1S/C24H14BrNO3/c25-17-10-8-16(9-11-17)22-13-12-18(28-22)14-21-24(27)29-23(26-21)20-7-3-5-15-4-1-2-6-19(15)20/h1-14H. The summed E-state index contributed by atoms with van der Waals surface area (Å²) < 4.78 is 12.3. The largest absolute Gasteiger partial charge is 0.457 e. The fourth-order valence-electron chi connectivity index (χ4n) is 3.27. The monoisotopic (exact) mass is 443 g/mol. The van der Waals surface area contributed by atoms with E-state index in [4.69, 9.17) is 9.15 Å². The Morgan fingerprint density at radius 2 is 1.66 bits per heavy atom. The smallest absolute Gasteiger partial charge is 0.363 e. The van der Waals surface area contributed by atoms with Crippen LogP contribution >= 0.6 is 15.9 Å². The first kappa shape index (κ1) is 17.6. The minimum atomic E-state index is -0.491. The summed E-state index contributed by atoms with van der Waals surface area (Å²) in [6.45, 7) is 0. The fourth-order valence-corrected chi connectivity index (χ4v) is 3.54. The molecule has 0 fully saturated rings. The van der Waals surface area contributed by atoms with Gasteiger partial charge in [0.1, 0.15) is 11.5 Å². The van der Waals surface area contributed by atoms with Crippen LogP contribution in [0.3, 0.4) is 0 Å². The Labute approximate surface area is 175 Å². The predicted octanol–water partition coefficient (Wildman–Crippen LogP) is 6.21. The minimum Gasteiger partial charge on any atom is -0.457 e. The van der Waals surface area contributed by atoms with Crippen LogP contribution in [0.4, 0.5) is 0 Å². The zero-order valence-electron chi connectivity index (χ0n) is 15.1. The average molecular weight is 444 g/mol. The maximum absolute atomic E-state index is 12.4. The second kappa shape index (κ2) is 7.18. The van der Waals surface area contributed by atoms with Gasteiger partial charge in [-0.25, -0.2) is 9.79 Å². The first-order valence-electron chi connectivity index (χ1n) is 9.04. The van der Waals surface area contributed by atoms with Crippen molar-refractivity contribution in [2.45, 2.75) is 0 Å². The van der Waals surface area contributed by atoms with Crippen molar-refractivity contribution in [2.75, 3.05) is 0 Å². The zero-order valence-corrected chi connectivity index (χ0v) is 16.7. The minimum absolute atomic E-state index is 0.213. The topological polar surface area (TPSA) is 51.8 Å². The first-order valence-corrected chi connectivity index (χ1v) is 9.83. The SMILES string of the molecule is O=C1OC(c2cccc3ccccc23)=NC1=Cc1ccc(-c2ccc(Br)cc2)o1. The fraction of sp³-hybridized carbons (Fsp3) is 0. The number of cyclic esters (lactones) is 1. The van der Waals surface area contributed by atoms with Crippen LogP contribution in [0.25, 0.3) is 28.2 Å². The van der Waals surface area contributed by atoms with E-state index in [1.165, 1.54) is 0 Å². The van der Waals surface area contributed by atoms with E-state index in [9.17, 15) is 4.79 Å². The van der Waals surface area contributed by atoms with Crippen LogP contribution in [0.5, 0.6) is 0 Å². The first-order chi connectivity index (χ1) is 14.2.